The van der Waals surface area contributed by atoms with Gasteiger partial charge < -0.3 is 22.0 Å². The molecule has 0 aliphatic heterocycles. The average molecular weight is 410 g/mol. The van der Waals surface area contributed by atoms with E-state index in [4.69, 9.17) is 4.74 Å². The van der Waals surface area contributed by atoms with E-state index in [1.54, 1.807) is 0 Å². The molecule has 0 saturated carbocycles. The molecule has 0 N–H and O–H groups in total. The van der Waals surface area contributed by atoms with Crippen molar-refractivity contribution in [2.24, 2.45) is 0 Å². The predicted octanol–water partition coefficient (Wildman–Crippen LogP) is 6.47. The largest absolute Gasteiger partial charge is 1.00 e. The first-order chi connectivity index (χ1) is 12.7. The van der Waals surface area contributed by atoms with Crippen molar-refractivity contribution in [3.05, 3.63) is 78.9 Å². The van der Waals surface area contributed by atoms with Crippen LogP contribution in [0.1, 0.15) is 8.35 Å². The summed E-state index contributed by atoms with van der Waals surface area (Å²) >= 11 is 0. The molecular formula is C20H19BF4O2S. The Labute approximate surface area is 169 Å². The lowest BCUT2D eigenvalue weighted by molar-refractivity contribution is -0.131. The van der Waals surface area contributed by atoms with E-state index >= 15 is 0 Å². The van der Waals surface area contributed by atoms with Crippen molar-refractivity contribution in [1.82, 2.24) is 0 Å². The molecule has 8 heteroatoms. The van der Waals surface area contributed by atoms with Crippen LogP contribution in [-0.4, -0.2) is 13.2 Å². The molecule has 0 radical (unpaired) electrons. The van der Waals surface area contributed by atoms with Crippen molar-refractivity contribution in [3.63, 3.8) is 0 Å². The minimum Gasteiger partial charge on any atom is -0.427 e. The number of esters is 1. The number of benzene rings is 3. The minimum absolute atomic E-state index is 0. The first-order valence-corrected chi connectivity index (χ1v) is 8.04. The number of rotatable bonds is 3. The zero-order valence-corrected chi connectivity index (χ0v) is 15.9. The number of hydrogen-bond acceptors (Lipinski definition) is 2. The van der Waals surface area contributed by atoms with Crippen LogP contribution in [0.15, 0.2) is 78.9 Å². The van der Waals surface area contributed by atoms with Crippen LogP contribution in [0.2, 0.25) is 0 Å². The molecule has 3 aromatic rings. The molecule has 0 bridgehead atoms. The zero-order chi connectivity index (χ0) is 19.9. The molecule has 0 aromatic heterocycles. The molecule has 0 unspecified atom stereocenters. The Kier molecular flexibility index (Phi) is 8.79. The first-order valence-electron chi connectivity index (χ1n) is 8.04. The van der Waals surface area contributed by atoms with Crippen molar-refractivity contribution in [2.45, 2.75) is 6.92 Å². The maximum atomic E-state index is 11.0. The van der Waals surface area contributed by atoms with Crippen LogP contribution in [0.3, 0.4) is 0 Å². The van der Waals surface area contributed by atoms with Crippen LogP contribution in [-0.2, 0) is 4.79 Å². The van der Waals surface area contributed by atoms with Gasteiger partial charge in [-0.05, 0) is 34.4 Å². The highest BCUT2D eigenvalue weighted by Gasteiger charge is 2.20. The van der Waals surface area contributed by atoms with Crippen molar-refractivity contribution < 1.29 is 28.2 Å². The number of halogens is 4. The van der Waals surface area contributed by atoms with Gasteiger partial charge in [-0.1, -0.05) is 66.7 Å². The van der Waals surface area contributed by atoms with E-state index in [0.717, 1.165) is 11.1 Å². The molecule has 0 saturated heterocycles. The summed E-state index contributed by atoms with van der Waals surface area (Å²) in [4.78, 5) is 11.0. The summed E-state index contributed by atoms with van der Waals surface area (Å²) in [6, 6.07) is 26.2. The Morgan fingerprint density at radius 3 is 1.57 bits per heavy atom. The summed E-state index contributed by atoms with van der Waals surface area (Å²) in [6.45, 7) is 1.40. The van der Waals surface area contributed by atoms with Gasteiger partial charge in [-0.2, -0.15) is 13.5 Å². The highest BCUT2D eigenvalue weighted by molar-refractivity contribution is 7.59. The Bertz CT molecular complexity index is 885. The van der Waals surface area contributed by atoms with Gasteiger partial charge in [0.25, 0.3) is 0 Å². The molecule has 28 heavy (non-hydrogen) atoms. The Balaban J connectivity index is 0.00000101. The summed E-state index contributed by atoms with van der Waals surface area (Å²) in [5.41, 5.74) is 4.61. The van der Waals surface area contributed by atoms with E-state index in [0.29, 0.717) is 5.75 Å². The second-order valence-electron chi connectivity index (χ2n) is 5.52. The number of ether oxygens (including phenoxy) is 1. The topological polar surface area (TPSA) is 26.3 Å². The molecule has 0 aliphatic rings. The monoisotopic (exact) mass is 410 g/mol. The van der Waals surface area contributed by atoms with E-state index in [1.165, 1.54) is 18.1 Å². The van der Waals surface area contributed by atoms with Gasteiger partial charge in [0.05, 0.1) is 0 Å². The maximum absolute atomic E-state index is 11.0. The van der Waals surface area contributed by atoms with E-state index in [-0.39, 0.29) is 20.9 Å². The fourth-order valence-electron chi connectivity index (χ4n) is 2.47. The second-order valence-corrected chi connectivity index (χ2v) is 5.52. The van der Waals surface area contributed by atoms with Gasteiger partial charge in [-0.25, -0.2) is 0 Å². The van der Waals surface area contributed by atoms with Gasteiger partial charge in [0, 0.05) is 6.92 Å². The van der Waals surface area contributed by atoms with E-state index in [2.05, 4.69) is 24.3 Å². The average Bonchev–Trinajstić information content (AvgIpc) is 2.61. The summed E-state index contributed by atoms with van der Waals surface area (Å²) in [7, 11) is -6.00. The van der Waals surface area contributed by atoms with Crippen LogP contribution in [0.25, 0.3) is 22.3 Å². The fourth-order valence-corrected chi connectivity index (χ4v) is 2.47. The van der Waals surface area contributed by atoms with Crippen molar-refractivity contribution in [2.75, 3.05) is 0 Å². The molecule has 0 heterocycles. The third-order valence-corrected chi connectivity index (χ3v) is 3.44. The van der Waals surface area contributed by atoms with E-state index < -0.39 is 7.25 Å². The Morgan fingerprint density at radius 1 is 0.750 bits per heavy atom. The summed E-state index contributed by atoms with van der Waals surface area (Å²) in [6.07, 6.45) is 0. The van der Waals surface area contributed by atoms with Crippen LogP contribution >= 0.6 is 13.5 Å². The van der Waals surface area contributed by atoms with Gasteiger partial charge in [0.15, 0.2) is 0 Å². The fraction of sp³-hybridized carbons (Fsp3) is 0.0500. The van der Waals surface area contributed by atoms with Crippen molar-refractivity contribution in [3.8, 4) is 28.0 Å². The third kappa shape index (κ3) is 7.88. The van der Waals surface area contributed by atoms with Gasteiger partial charge in [0.1, 0.15) is 5.75 Å². The molecule has 2 nitrogen and oxygen atoms in total. The van der Waals surface area contributed by atoms with Crippen LogP contribution < -0.4 is 4.74 Å². The van der Waals surface area contributed by atoms with Gasteiger partial charge in [-0.15, -0.1) is 0 Å². The van der Waals surface area contributed by atoms with E-state index in [9.17, 15) is 22.1 Å². The molecule has 3 rings (SSSR count). The van der Waals surface area contributed by atoms with Crippen molar-refractivity contribution in [1.29, 1.82) is 0 Å². The Morgan fingerprint density at radius 2 is 1.14 bits per heavy atom. The second kappa shape index (κ2) is 10.6. The molecule has 0 aliphatic carbocycles. The number of carbonyl (C=O) groups is 1. The minimum atomic E-state index is -6.00. The lowest BCUT2D eigenvalue weighted by atomic mass is 9.95. The summed E-state index contributed by atoms with van der Waals surface area (Å²) < 4.78 is 44.1. The summed E-state index contributed by atoms with van der Waals surface area (Å²) in [5, 5.41) is 0. The first kappa shape index (κ1) is 23.3. The molecule has 3 aromatic carbocycles. The van der Waals surface area contributed by atoms with Gasteiger partial charge >= 0.3 is 14.7 Å². The third-order valence-electron chi connectivity index (χ3n) is 3.44. The molecule has 148 valence electrons. The normalized spacial score (nSPS) is 10.2. The maximum Gasteiger partial charge on any atom is 1.00 e. The lowest BCUT2D eigenvalue weighted by Crippen LogP contribution is -2.02. The van der Waals surface area contributed by atoms with Crippen LogP contribution in [0.5, 0.6) is 5.75 Å². The van der Waals surface area contributed by atoms with Crippen molar-refractivity contribution >= 4 is 26.7 Å². The smallest absolute Gasteiger partial charge is 0.427 e. The molecule has 0 fully saturated rings. The SMILES string of the molecule is CC(=O)Oc1ccc(-c2ccccc2-c2ccccc2)cc1.F[B-](F)(F)F.S.[H+]. The van der Waals surface area contributed by atoms with Crippen LogP contribution in [0, 0.1) is 0 Å². The summed E-state index contributed by atoms with van der Waals surface area (Å²) in [5.74, 6) is 0.255. The lowest BCUT2D eigenvalue weighted by Gasteiger charge is -2.10. The van der Waals surface area contributed by atoms with E-state index in [1.807, 2.05) is 54.6 Å². The van der Waals surface area contributed by atoms with Crippen LogP contribution in [0.4, 0.5) is 17.3 Å². The van der Waals surface area contributed by atoms with Gasteiger partial charge in [-0.3, -0.25) is 4.79 Å². The van der Waals surface area contributed by atoms with Gasteiger partial charge in [0.2, 0.25) is 0 Å². The molecule has 0 amide bonds. The number of carbonyl (C=O) groups excluding carboxylic acids is 1. The molecule has 0 atom stereocenters. The number of hydrogen-bond donors (Lipinski definition) is 0. The Hall–Kier alpha value is -2.74. The predicted molar refractivity (Wildman–Crippen MR) is 110 cm³/mol. The quantitative estimate of drug-likeness (QED) is 0.214. The highest BCUT2D eigenvalue weighted by Crippen LogP contribution is 2.32. The highest BCUT2D eigenvalue weighted by atomic mass is 32.1. The molecular weight excluding hydrogens is 391 g/mol. The zero-order valence-electron chi connectivity index (χ0n) is 15.9. The molecule has 0 spiro atoms. The standard InChI is InChI=1S/C20H16O2.BF4.H2S/c1-15(21)22-18-13-11-17(12-14-18)20-10-6-5-9-19(20)16-7-3-2-4-8-16;2-1(3,4)5;/h2-14H,1H3;;1H2/q;-1;/p+1.